The van der Waals surface area contributed by atoms with E-state index in [0.717, 1.165) is 18.4 Å². The highest BCUT2D eigenvalue weighted by atomic mass is 16.5. The summed E-state index contributed by atoms with van der Waals surface area (Å²) >= 11 is 0. The van der Waals surface area contributed by atoms with Crippen molar-refractivity contribution in [3.63, 3.8) is 0 Å². The van der Waals surface area contributed by atoms with Gasteiger partial charge in [0, 0.05) is 22.9 Å². The fourth-order valence-corrected chi connectivity index (χ4v) is 2.70. The van der Waals surface area contributed by atoms with Crippen molar-refractivity contribution in [2.45, 2.75) is 26.7 Å². The third kappa shape index (κ3) is 4.58. The zero-order chi connectivity index (χ0) is 19.4. The lowest BCUT2D eigenvalue weighted by atomic mass is 10.1. The molecular weight excluding hydrogens is 344 g/mol. The molecule has 0 aromatic heterocycles. The minimum absolute atomic E-state index is 0.0349. The number of benzene rings is 2. The average Bonchev–Trinajstić information content (AvgIpc) is 3.50. The SMILES string of the molecule is CCOc1cc(C(=O)Nc2cc(NC(=O)C3CC3)ccc2C)ccc1OC. The molecule has 2 aromatic rings. The van der Waals surface area contributed by atoms with Crippen molar-refractivity contribution in [3.8, 4) is 11.5 Å². The van der Waals surface area contributed by atoms with E-state index >= 15 is 0 Å². The van der Waals surface area contributed by atoms with Crippen molar-refractivity contribution >= 4 is 23.2 Å². The van der Waals surface area contributed by atoms with Crippen molar-refractivity contribution in [1.82, 2.24) is 0 Å². The molecule has 1 aliphatic carbocycles. The van der Waals surface area contributed by atoms with Gasteiger partial charge in [-0.15, -0.1) is 0 Å². The van der Waals surface area contributed by atoms with Crippen LogP contribution in [-0.4, -0.2) is 25.5 Å². The van der Waals surface area contributed by atoms with E-state index in [2.05, 4.69) is 10.6 Å². The van der Waals surface area contributed by atoms with E-state index in [1.54, 1.807) is 31.4 Å². The molecule has 6 heteroatoms. The average molecular weight is 368 g/mol. The van der Waals surface area contributed by atoms with E-state index in [1.165, 1.54) is 0 Å². The third-order valence-electron chi connectivity index (χ3n) is 4.43. The zero-order valence-corrected chi connectivity index (χ0v) is 15.8. The molecule has 1 aliphatic rings. The molecule has 2 amide bonds. The first-order chi connectivity index (χ1) is 13.0. The predicted molar refractivity (Wildman–Crippen MR) is 105 cm³/mol. The van der Waals surface area contributed by atoms with Gasteiger partial charge in [0.15, 0.2) is 11.5 Å². The summed E-state index contributed by atoms with van der Waals surface area (Å²) in [5, 5.41) is 5.80. The second-order valence-corrected chi connectivity index (χ2v) is 6.55. The van der Waals surface area contributed by atoms with Crippen LogP contribution >= 0.6 is 0 Å². The topological polar surface area (TPSA) is 76.7 Å². The maximum absolute atomic E-state index is 12.7. The lowest BCUT2D eigenvalue weighted by Gasteiger charge is -2.13. The number of hydrogen-bond donors (Lipinski definition) is 2. The first-order valence-corrected chi connectivity index (χ1v) is 9.05. The van der Waals surface area contributed by atoms with Gasteiger partial charge in [-0.25, -0.2) is 0 Å². The molecule has 0 heterocycles. The van der Waals surface area contributed by atoms with Gasteiger partial charge in [0.2, 0.25) is 5.91 Å². The minimum atomic E-state index is -0.257. The standard InChI is InChI=1S/C21H24N2O4/c1-4-27-19-11-15(8-10-18(19)26-3)21(25)23-17-12-16(9-5-13(17)2)22-20(24)14-6-7-14/h5,8-12,14H,4,6-7H2,1-3H3,(H,22,24)(H,23,25). The lowest BCUT2D eigenvalue weighted by molar-refractivity contribution is -0.117. The van der Waals surface area contributed by atoms with Gasteiger partial charge in [0.05, 0.1) is 13.7 Å². The van der Waals surface area contributed by atoms with E-state index in [9.17, 15) is 9.59 Å². The van der Waals surface area contributed by atoms with Crippen molar-refractivity contribution in [2.24, 2.45) is 5.92 Å². The van der Waals surface area contributed by atoms with Crippen LogP contribution in [0.25, 0.3) is 0 Å². The Balaban J connectivity index is 1.76. The smallest absolute Gasteiger partial charge is 0.255 e. The van der Waals surface area contributed by atoms with E-state index in [4.69, 9.17) is 9.47 Å². The van der Waals surface area contributed by atoms with Gasteiger partial charge in [0.1, 0.15) is 0 Å². The molecule has 0 aliphatic heterocycles. The molecule has 0 bridgehead atoms. The Kier molecular flexibility index (Phi) is 5.64. The number of ether oxygens (including phenoxy) is 2. The van der Waals surface area contributed by atoms with Gasteiger partial charge >= 0.3 is 0 Å². The number of anilines is 2. The molecule has 3 rings (SSSR count). The van der Waals surface area contributed by atoms with E-state index in [1.807, 2.05) is 26.0 Å². The molecule has 1 fully saturated rings. The molecule has 142 valence electrons. The Morgan fingerprint density at radius 2 is 1.85 bits per heavy atom. The van der Waals surface area contributed by atoms with Gasteiger partial charge in [0.25, 0.3) is 5.91 Å². The fourth-order valence-electron chi connectivity index (χ4n) is 2.70. The zero-order valence-electron chi connectivity index (χ0n) is 15.8. The number of carbonyl (C=O) groups is 2. The van der Waals surface area contributed by atoms with Crippen molar-refractivity contribution in [1.29, 1.82) is 0 Å². The molecule has 1 saturated carbocycles. The van der Waals surface area contributed by atoms with Crippen LogP contribution in [0, 0.1) is 12.8 Å². The summed E-state index contributed by atoms with van der Waals surface area (Å²) in [5.74, 6) is 1.00. The molecule has 0 spiro atoms. The molecule has 0 radical (unpaired) electrons. The van der Waals surface area contributed by atoms with Crippen molar-refractivity contribution in [2.75, 3.05) is 24.4 Å². The van der Waals surface area contributed by atoms with Crippen LogP contribution in [-0.2, 0) is 4.79 Å². The Hall–Kier alpha value is -3.02. The molecule has 27 heavy (non-hydrogen) atoms. The fraction of sp³-hybridized carbons (Fsp3) is 0.333. The molecule has 0 atom stereocenters. The third-order valence-corrected chi connectivity index (χ3v) is 4.43. The number of nitrogens with one attached hydrogen (secondary N) is 2. The highest BCUT2D eigenvalue weighted by molar-refractivity contribution is 6.05. The molecular formula is C21H24N2O4. The molecule has 0 unspecified atom stereocenters. The number of rotatable bonds is 7. The first-order valence-electron chi connectivity index (χ1n) is 9.05. The van der Waals surface area contributed by atoms with Gasteiger partial charge in [-0.3, -0.25) is 9.59 Å². The minimum Gasteiger partial charge on any atom is -0.493 e. The van der Waals surface area contributed by atoms with Crippen LogP contribution in [0.2, 0.25) is 0 Å². The second-order valence-electron chi connectivity index (χ2n) is 6.55. The first kappa shape index (κ1) is 18.8. The molecule has 0 saturated heterocycles. The number of hydrogen-bond acceptors (Lipinski definition) is 4. The van der Waals surface area contributed by atoms with E-state index in [-0.39, 0.29) is 17.7 Å². The Labute approximate surface area is 158 Å². The summed E-state index contributed by atoms with van der Waals surface area (Å²) in [7, 11) is 1.56. The van der Waals surface area contributed by atoms with Crippen LogP contribution in [0.4, 0.5) is 11.4 Å². The highest BCUT2D eigenvalue weighted by Crippen LogP contribution is 2.31. The Morgan fingerprint density at radius 1 is 1.07 bits per heavy atom. The highest BCUT2D eigenvalue weighted by Gasteiger charge is 2.29. The summed E-state index contributed by atoms with van der Waals surface area (Å²) in [6.45, 7) is 4.25. The number of aryl methyl sites for hydroxylation is 1. The monoisotopic (exact) mass is 368 g/mol. The van der Waals surface area contributed by atoms with Gasteiger partial charge in [-0.1, -0.05) is 6.07 Å². The maximum Gasteiger partial charge on any atom is 0.255 e. The number of amides is 2. The van der Waals surface area contributed by atoms with E-state index < -0.39 is 0 Å². The number of methoxy groups -OCH3 is 1. The van der Waals surface area contributed by atoms with E-state index in [0.29, 0.717) is 35.0 Å². The molecule has 2 aromatic carbocycles. The summed E-state index contributed by atoms with van der Waals surface area (Å²) < 4.78 is 10.8. The van der Waals surface area contributed by atoms with Crippen molar-refractivity contribution in [3.05, 3.63) is 47.5 Å². The number of carbonyl (C=O) groups excluding carboxylic acids is 2. The Bertz CT molecular complexity index is 859. The van der Waals surface area contributed by atoms with Crippen LogP contribution in [0.5, 0.6) is 11.5 Å². The molecule has 6 nitrogen and oxygen atoms in total. The van der Waals surface area contributed by atoms with Gasteiger partial charge in [-0.05, 0) is 62.6 Å². The second kappa shape index (κ2) is 8.12. The summed E-state index contributed by atoms with van der Waals surface area (Å²) in [5.41, 5.74) is 2.71. The molecule has 2 N–H and O–H groups in total. The van der Waals surface area contributed by atoms with Gasteiger partial charge < -0.3 is 20.1 Å². The predicted octanol–water partition coefficient (Wildman–Crippen LogP) is 4.00. The maximum atomic E-state index is 12.7. The lowest BCUT2D eigenvalue weighted by Crippen LogP contribution is -2.15. The Morgan fingerprint density at radius 3 is 2.52 bits per heavy atom. The summed E-state index contributed by atoms with van der Waals surface area (Å²) in [4.78, 5) is 24.6. The van der Waals surface area contributed by atoms with Gasteiger partial charge in [-0.2, -0.15) is 0 Å². The van der Waals surface area contributed by atoms with Crippen LogP contribution in [0.3, 0.4) is 0 Å². The van der Waals surface area contributed by atoms with Crippen LogP contribution in [0.15, 0.2) is 36.4 Å². The van der Waals surface area contributed by atoms with Crippen LogP contribution < -0.4 is 20.1 Å². The van der Waals surface area contributed by atoms with Crippen LogP contribution in [0.1, 0.15) is 35.7 Å². The summed E-state index contributed by atoms with van der Waals surface area (Å²) in [6.07, 6.45) is 1.89. The normalized spacial score (nSPS) is 13.0. The largest absolute Gasteiger partial charge is 0.493 e. The quantitative estimate of drug-likeness (QED) is 0.774. The summed E-state index contributed by atoms with van der Waals surface area (Å²) in [6, 6.07) is 10.5. The van der Waals surface area contributed by atoms with Crippen molar-refractivity contribution < 1.29 is 19.1 Å².